The van der Waals surface area contributed by atoms with Gasteiger partial charge in [0.2, 0.25) is 10.8 Å². The maximum absolute atomic E-state index is 14.3. The molecule has 1 spiro atoms. The van der Waals surface area contributed by atoms with Gasteiger partial charge >= 0.3 is 5.97 Å². The maximum atomic E-state index is 14.3. The van der Waals surface area contributed by atoms with Gasteiger partial charge in [-0.1, -0.05) is 42.8 Å². The molecule has 0 aromatic heterocycles. The molecule has 1 saturated heterocycles. The van der Waals surface area contributed by atoms with Crippen molar-refractivity contribution in [1.82, 2.24) is 0 Å². The van der Waals surface area contributed by atoms with Gasteiger partial charge in [-0.15, -0.1) is 0 Å². The molecule has 2 atom stereocenters. The molecule has 0 radical (unpaired) electrons. The topological polar surface area (TPSA) is 84.0 Å². The molecule has 7 nitrogen and oxygen atoms in total. The van der Waals surface area contributed by atoms with Crippen molar-refractivity contribution >= 4 is 51.6 Å². The Labute approximate surface area is 216 Å². The van der Waals surface area contributed by atoms with Gasteiger partial charge in [0.1, 0.15) is 5.75 Å². The van der Waals surface area contributed by atoms with Crippen molar-refractivity contribution in [2.24, 2.45) is 0 Å². The van der Waals surface area contributed by atoms with Gasteiger partial charge < -0.3 is 9.64 Å². The molecule has 2 aliphatic heterocycles. The van der Waals surface area contributed by atoms with E-state index >= 15 is 0 Å². The second kappa shape index (κ2) is 9.19. The smallest absolute Gasteiger partial charge is 0.337 e. The number of aryl methyl sites for hydroxylation is 1. The Balaban J connectivity index is 1.71. The van der Waals surface area contributed by atoms with Crippen LogP contribution in [0.2, 0.25) is 5.02 Å². The van der Waals surface area contributed by atoms with Gasteiger partial charge in [-0.2, -0.15) is 0 Å². The van der Waals surface area contributed by atoms with E-state index in [1.54, 1.807) is 48.5 Å². The van der Waals surface area contributed by atoms with Crippen molar-refractivity contribution in [2.45, 2.75) is 24.8 Å². The predicted octanol–water partition coefficient (Wildman–Crippen LogP) is 4.18. The number of nitrogens with zero attached hydrogens (tertiary/aromatic N) is 2. The third-order valence-corrected chi connectivity index (χ3v) is 8.61. The normalized spacial score (nSPS) is 20.8. The molecule has 2 aliphatic rings. The minimum Gasteiger partial charge on any atom is -0.465 e. The van der Waals surface area contributed by atoms with Crippen LogP contribution < -0.4 is 9.80 Å². The minimum absolute atomic E-state index is 0.177. The lowest BCUT2D eigenvalue weighted by molar-refractivity contribution is -0.123. The average molecular weight is 523 g/mol. The van der Waals surface area contributed by atoms with Crippen LogP contribution in [0.1, 0.15) is 34.0 Å². The number of amides is 2. The van der Waals surface area contributed by atoms with E-state index in [-0.39, 0.29) is 17.9 Å². The van der Waals surface area contributed by atoms with Gasteiger partial charge in [0.05, 0.1) is 35.7 Å². The van der Waals surface area contributed by atoms with E-state index in [4.69, 9.17) is 16.3 Å². The highest BCUT2D eigenvalue weighted by Crippen LogP contribution is 2.51. The molecule has 2 unspecified atom stereocenters. The van der Waals surface area contributed by atoms with Gasteiger partial charge in [-0.05, 0) is 60.0 Å². The van der Waals surface area contributed by atoms with Crippen molar-refractivity contribution < 1.29 is 23.3 Å². The first-order chi connectivity index (χ1) is 17.3. The summed E-state index contributed by atoms with van der Waals surface area (Å²) in [5.74, 6) is -1.81. The number of ether oxygens (including phenoxy) is 1. The molecule has 2 amide bonds. The van der Waals surface area contributed by atoms with Crippen molar-refractivity contribution in [3.63, 3.8) is 0 Å². The lowest BCUT2D eigenvalue weighted by Gasteiger charge is -2.33. The zero-order valence-corrected chi connectivity index (χ0v) is 21.3. The first-order valence-electron chi connectivity index (χ1n) is 11.4. The molecule has 3 aromatic rings. The number of carbonyl (C=O) groups excluding carboxylic acids is 3. The standard InChI is InChI=1S/C27H23ClN2O5S/c1-3-17-6-11-21(12-7-17)30-24(31)16-36(34)27(30)22-14-19(25(32)35-2)8-13-23(22)29(26(27)33)15-18-4-9-20(28)10-5-18/h4-14H,3,15-16H2,1-2H3. The number of anilines is 2. The summed E-state index contributed by atoms with van der Waals surface area (Å²) in [6, 6.07) is 19.1. The highest BCUT2D eigenvalue weighted by molar-refractivity contribution is 7.88. The van der Waals surface area contributed by atoms with Crippen LogP contribution >= 0.6 is 11.6 Å². The predicted molar refractivity (Wildman–Crippen MR) is 138 cm³/mol. The molecular formula is C27H23ClN2O5S. The summed E-state index contributed by atoms with van der Waals surface area (Å²) in [6.07, 6.45) is 0.810. The number of carbonyl (C=O) groups is 3. The van der Waals surface area contributed by atoms with Crippen LogP contribution in [0, 0.1) is 0 Å². The Bertz CT molecular complexity index is 1410. The molecular weight excluding hydrogens is 500 g/mol. The van der Waals surface area contributed by atoms with Crippen molar-refractivity contribution in [3.05, 3.63) is 94.0 Å². The monoisotopic (exact) mass is 522 g/mol. The summed E-state index contributed by atoms with van der Waals surface area (Å²) in [7, 11) is -0.644. The van der Waals surface area contributed by atoms with Crippen LogP contribution in [0.15, 0.2) is 66.7 Å². The Morgan fingerprint density at radius 1 is 1.03 bits per heavy atom. The summed E-state index contributed by atoms with van der Waals surface area (Å²) >= 11 is 6.03. The molecule has 0 saturated carbocycles. The molecule has 184 valence electrons. The Morgan fingerprint density at radius 3 is 2.33 bits per heavy atom. The summed E-state index contributed by atoms with van der Waals surface area (Å²) in [6.45, 7) is 2.20. The zero-order valence-electron chi connectivity index (χ0n) is 19.7. The third-order valence-electron chi connectivity index (χ3n) is 6.61. The molecule has 5 rings (SSSR count). The fraction of sp³-hybridized carbons (Fsp3) is 0.222. The maximum Gasteiger partial charge on any atom is 0.337 e. The number of hydrogen-bond donors (Lipinski definition) is 0. The Kier molecular flexibility index (Phi) is 6.18. The van der Waals surface area contributed by atoms with Crippen LogP contribution in [0.4, 0.5) is 11.4 Å². The summed E-state index contributed by atoms with van der Waals surface area (Å²) in [5.41, 5.74) is 3.38. The Morgan fingerprint density at radius 2 is 1.69 bits per heavy atom. The number of hydrogen-bond acceptors (Lipinski definition) is 5. The van der Waals surface area contributed by atoms with E-state index < -0.39 is 33.5 Å². The first-order valence-corrected chi connectivity index (χ1v) is 13.1. The van der Waals surface area contributed by atoms with Gasteiger partial charge in [0, 0.05) is 16.3 Å². The fourth-order valence-electron chi connectivity index (χ4n) is 4.83. The van der Waals surface area contributed by atoms with Gasteiger partial charge in [-0.25, -0.2) is 4.79 Å². The zero-order chi connectivity index (χ0) is 25.6. The second-order valence-corrected chi connectivity index (χ2v) is 10.6. The van der Waals surface area contributed by atoms with E-state index in [1.807, 2.05) is 19.1 Å². The van der Waals surface area contributed by atoms with Crippen LogP contribution in [0.25, 0.3) is 0 Å². The molecule has 36 heavy (non-hydrogen) atoms. The molecule has 0 aliphatic carbocycles. The van der Waals surface area contributed by atoms with E-state index in [0.717, 1.165) is 17.5 Å². The van der Waals surface area contributed by atoms with Gasteiger partial charge in [-0.3, -0.25) is 18.7 Å². The minimum atomic E-state index is -1.91. The highest BCUT2D eigenvalue weighted by atomic mass is 35.5. The summed E-state index contributed by atoms with van der Waals surface area (Å²) in [4.78, 5) is 41.0. The molecule has 0 N–H and O–H groups in total. The molecule has 0 bridgehead atoms. The van der Waals surface area contributed by atoms with E-state index in [0.29, 0.717) is 22.0 Å². The fourth-order valence-corrected chi connectivity index (χ4v) is 6.64. The molecule has 9 heteroatoms. The SMILES string of the molecule is CCc1ccc(N2C(=O)CS(=O)C23C(=O)N(Cc2ccc(Cl)cc2)c2ccc(C(=O)OC)cc23)cc1. The van der Waals surface area contributed by atoms with E-state index in [1.165, 1.54) is 23.0 Å². The van der Waals surface area contributed by atoms with Gasteiger partial charge in [0.25, 0.3) is 5.91 Å². The lowest BCUT2D eigenvalue weighted by Crippen LogP contribution is -2.52. The quantitative estimate of drug-likeness (QED) is 0.469. The van der Waals surface area contributed by atoms with E-state index in [2.05, 4.69) is 0 Å². The van der Waals surface area contributed by atoms with Crippen molar-refractivity contribution in [1.29, 1.82) is 0 Å². The number of benzene rings is 3. The number of esters is 1. The van der Waals surface area contributed by atoms with Crippen LogP contribution in [-0.4, -0.2) is 34.9 Å². The van der Waals surface area contributed by atoms with Crippen molar-refractivity contribution in [2.75, 3.05) is 22.7 Å². The molecule has 3 aromatic carbocycles. The van der Waals surface area contributed by atoms with Gasteiger partial charge in [0.15, 0.2) is 0 Å². The van der Waals surface area contributed by atoms with Crippen LogP contribution in [0.5, 0.6) is 0 Å². The average Bonchev–Trinajstić information content (AvgIpc) is 3.30. The highest BCUT2D eigenvalue weighted by Gasteiger charge is 2.65. The molecule has 2 heterocycles. The second-order valence-electron chi connectivity index (χ2n) is 8.62. The number of fused-ring (bicyclic) bond motifs is 2. The summed E-state index contributed by atoms with van der Waals surface area (Å²) in [5, 5.41) is 0.565. The number of rotatable bonds is 5. The number of methoxy groups -OCH3 is 1. The lowest BCUT2D eigenvalue weighted by atomic mass is 10.0. The largest absolute Gasteiger partial charge is 0.465 e. The van der Waals surface area contributed by atoms with Crippen LogP contribution in [0.3, 0.4) is 0 Å². The van der Waals surface area contributed by atoms with E-state index in [9.17, 15) is 18.6 Å². The molecule has 1 fully saturated rings. The van der Waals surface area contributed by atoms with Crippen LogP contribution in [-0.2, 0) is 43.0 Å². The van der Waals surface area contributed by atoms with Crippen molar-refractivity contribution in [3.8, 4) is 0 Å². The first kappa shape index (κ1) is 24.2. The summed E-state index contributed by atoms with van der Waals surface area (Å²) < 4.78 is 18.6. The number of halogens is 1. The Hall–Kier alpha value is -3.49. The third kappa shape index (κ3) is 3.63.